The quantitative estimate of drug-likeness (QED) is 0.508. The van der Waals surface area contributed by atoms with Gasteiger partial charge in [0.05, 0.1) is 20.8 Å². The fourth-order valence-corrected chi connectivity index (χ4v) is 4.67. The molecule has 6 nitrogen and oxygen atoms in total. The smallest absolute Gasteiger partial charge is 0.240 e. The van der Waals surface area contributed by atoms with Crippen molar-refractivity contribution in [2.45, 2.75) is 38.6 Å². The van der Waals surface area contributed by atoms with Crippen LogP contribution in [-0.2, 0) is 18.4 Å². The molecule has 0 unspecified atom stereocenters. The van der Waals surface area contributed by atoms with Gasteiger partial charge in [-0.15, -0.1) is 0 Å². The van der Waals surface area contributed by atoms with Gasteiger partial charge in [0, 0.05) is 18.4 Å². The van der Waals surface area contributed by atoms with Crippen LogP contribution in [0.4, 0.5) is 0 Å². The van der Waals surface area contributed by atoms with Gasteiger partial charge in [0.1, 0.15) is 0 Å². The Bertz CT molecular complexity index is 1030. The van der Waals surface area contributed by atoms with Crippen molar-refractivity contribution >= 4 is 0 Å². The zero-order valence-corrected chi connectivity index (χ0v) is 19.0. The predicted molar refractivity (Wildman–Crippen MR) is 120 cm³/mol. The molecule has 1 aliphatic carbocycles. The van der Waals surface area contributed by atoms with Gasteiger partial charge in [0.25, 0.3) is 0 Å². The van der Waals surface area contributed by atoms with Crippen LogP contribution in [0.2, 0.25) is 0 Å². The lowest BCUT2D eigenvalue weighted by Gasteiger charge is -2.26. The van der Waals surface area contributed by atoms with E-state index in [0.29, 0.717) is 36.2 Å². The molecule has 6 heteroatoms. The number of hydrogen-bond donors (Lipinski definition) is 0. The first-order chi connectivity index (χ1) is 14.9. The lowest BCUT2D eigenvalue weighted by molar-refractivity contribution is 0.234. The number of nitrogens with zero attached hydrogens (tertiary/aromatic N) is 3. The van der Waals surface area contributed by atoms with Crippen molar-refractivity contribution in [2.24, 2.45) is 5.41 Å². The highest BCUT2D eigenvalue weighted by Crippen LogP contribution is 2.64. The third-order valence-corrected chi connectivity index (χ3v) is 6.51. The molecule has 0 bridgehead atoms. The van der Waals surface area contributed by atoms with Crippen LogP contribution < -0.4 is 9.47 Å². The third kappa shape index (κ3) is 4.30. The van der Waals surface area contributed by atoms with E-state index in [4.69, 9.17) is 14.0 Å². The largest absolute Gasteiger partial charge is 0.493 e. The molecular formula is C25H31N3O3. The highest BCUT2D eigenvalue weighted by Gasteiger charge is 2.61. The van der Waals surface area contributed by atoms with Crippen LogP contribution in [0.5, 0.6) is 11.5 Å². The monoisotopic (exact) mass is 421 g/mol. The summed E-state index contributed by atoms with van der Waals surface area (Å²) in [5, 5.41) is 4.18. The summed E-state index contributed by atoms with van der Waals surface area (Å²) in [6.07, 6.45) is 1.76. The number of likely N-dealkylation sites (N-methyl/N-ethyl adjacent to an activating group) is 1. The van der Waals surface area contributed by atoms with Crippen molar-refractivity contribution in [1.29, 1.82) is 0 Å². The van der Waals surface area contributed by atoms with E-state index >= 15 is 0 Å². The molecule has 0 N–H and O–H groups in total. The Morgan fingerprint density at radius 1 is 1.03 bits per heavy atom. The van der Waals surface area contributed by atoms with Gasteiger partial charge < -0.3 is 14.0 Å². The lowest BCUT2D eigenvalue weighted by atomic mass is 9.87. The summed E-state index contributed by atoms with van der Waals surface area (Å²) in [4.78, 5) is 6.90. The Morgan fingerprint density at radius 2 is 1.74 bits per heavy atom. The van der Waals surface area contributed by atoms with E-state index in [1.165, 1.54) is 12.0 Å². The van der Waals surface area contributed by atoms with Gasteiger partial charge in [-0.25, -0.2) is 0 Å². The lowest BCUT2D eigenvalue weighted by Crippen LogP contribution is -2.32. The molecule has 1 heterocycles. The number of benzene rings is 2. The van der Waals surface area contributed by atoms with E-state index in [0.717, 1.165) is 12.1 Å². The van der Waals surface area contributed by atoms with E-state index in [2.05, 4.69) is 66.3 Å². The second-order valence-electron chi connectivity index (χ2n) is 9.15. The van der Waals surface area contributed by atoms with Gasteiger partial charge >= 0.3 is 0 Å². The van der Waals surface area contributed by atoms with Crippen molar-refractivity contribution in [3.05, 3.63) is 71.4 Å². The number of rotatable bonds is 9. The third-order valence-electron chi connectivity index (χ3n) is 6.51. The molecule has 0 spiro atoms. The molecule has 1 aliphatic rings. The Kier molecular flexibility index (Phi) is 5.75. The summed E-state index contributed by atoms with van der Waals surface area (Å²) in [5.41, 5.74) is 2.91. The summed E-state index contributed by atoms with van der Waals surface area (Å²) < 4.78 is 16.2. The molecule has 4 rings (SSSR count). The van der Waals surface area contributed by atoms with Crippen molar-refractivity contribution in [1.82, 2.24) is 15.0 Å². The van der Waals surface area contributed by atoms with Crippen LogP contribution >= 0.6 is 0 Å². The van der Waals surface area contributed by atoms with Gasteiger partial charge in [0.15, 0.2) is 17.3 Å². The Labute approximate surface area is 184 Å². The fraction of sp³-hybridized carbons (Fsp3) is 0.440. The van der Waals surface area contributed by atoms with E-state index in [1.54, 1.807) is 14.2 Å². The molecule has 164 valence electrons. The van der Waals surface area contributed by atoms with E-state index < -0.39 is 0 Å². The van der Waals surface area contributed by atoms with Crippen molar-refractivity contribution in [3.8, 4) is 11.5 Å². The topological polar surface area (TPSA) is 60.6 Å². The first kappa shape index (κ1) is 21.4. The molecule has 31 heavy (non-hydrogen) atoms. The number of hydrogen-bond acceptors (Lipinski definition) is 6. The molecule has 3 aromatic rings. The first-order valence-corrected chi connectivity index (χ1v) is 10.6. The summed E-state index contributed by atoms with van der Waals surface area (Å²) in [6, 6.07) is 16.7. The minimum atomic E-state index is 0.172. The normalized spacial score (nSPS) is 19.4. The Morgan fingerprint density at radius 3 is 2.39 bits per heavy atom. The van der Waals surface area contributed by atoms with E-state index in [-0.39, 0.29) is 10.8 Å². The molecule has 0 radical (unpaired) electrons. The molecule has 0 saturated heterocycles. The van der Waals surface area contributed by atoms with Gasteiger partial charge in [-0.2, -0.15) is 4.98 Å². The summed E-state index contributed by atoms with van der Waals surface area (Å²) in [5.74, 6) is 2.71. The molecule has 1 atom stereocenters. The van der Waals surface area contributed by atoms with Gasteiger partial charge in [-0.1, -0.05) is 55.4 Å². The second-order valence-corrected chi connectivity index (χ2v) is 9.15. The first-order valence-electron chi connectivity index (χ1n) is 10.6. The van der Waals surface area contributed by atoms with Gasteiger partial charge in [-0.3, -0.25) is 4.90 Å². The molecule has 0 aliphatic heterocycles. The average Bonchev–Trinajstić information content (AvgIpc) is 3.06. The molecule has 1 saturated carbocycles. The zero-order valence-electron chi connectivity index (χ0n) is 19.0. The standard InChI is InChI=1S/C25H31N3O3/c1-24(2)16-25(24,19-9-7-6-8-10-19)17-28(3)15-23-26-22(27-31-23)14-18-11-12-20(29-4)21(13-18)30-5/h6-13H,14-17H2,1-5H3/t25-/m0/s1. The van der Waals surface area contributed by atoms with E-state index in [9.17, 15) is 0 Å². The van der Waals surface area contributed by atoms with Crippen molar-refractivity contribution in [2.75, 3.05) is 27.8 Å². The summed E-state index contributed by atoms with van der Waals surface area (Å²) in [6.45, 7) is 6.28. The van der Waals surface area contributed by atoms with Crippen LogP contribution in [0.1, 0.15) is 43.1 Å². The molecule has 0 amide bonds. The second kappa shape index (κ2) is 8.35. The maximum absolute atomic E-state index is 5.54. The van der Waals surface area contributed by atoms with Gasteiger partial charge in [0.2, 0.25) is 5.89 Å². The van der Waals surface area contributed by atoms with Crippen LogP contribution in [0.15, 0.2) is 53.1 Å². The van der Waals surface area contributed by atoms with Gasteiger partial charge in [-0.05, 0) is 42.1 Å². The number of methoxy groups -OCH3 is 2. The van der Waals surface area contributed by atoms with Crippen LogP contribution in [0, 0.1) is 5.41 Å². The minimum Gasteiger partial charge on any atom is -0.493 e. The maximum Gasteiger partial charge on any atom is 0.240 e. The zero-order chi connectivity index (χ0) is 22.1. The Balaban J connectivity index is 1.41. The Hall–Kier alpha value is -2.86. The number of ether oxygens (including phenoxy) is 2. The van der Waals surface area contributed by atoms with E-state index in [1.807, 2.05) is 18.2 Å². The SMILES string of the molecule is COc1ccc(Cc2noc(CN(C)C[C@]3(c4ccccc4)CC3(C)C)n2)cc1OC. The van der Waals surface area contributed by atoms with Crippen LogP contribution in [-0.4, -0.2) is 42.9 Å². The summed E-state index contributed by atoms with van der Waals surface area (Å²) in [7, 11) is 5.38. The fourth-order valence-electron chi connectivity index (χ4n) is 4.67. The minimum absolute atomic E-state index is 0.172. The highest BCUT2D eigenvalue weighted by molar-refractivity contribution is 5.43. The van der Waals surface area contributed by atoms with Crippen molar-refractivity contribution in [3.63, 3.8) is 0 Å². The molecule has 1 fully saturated rings. The van der Waals surface area contributed by atoms with Crippen LogP contribution in [0.3, 0.4) is 0 Å². The number of aromatic nitrogens is 2. The highest BCUT2D eigenvalue weighted by atomic mass is 16.5. The summed E-state index contributed by atoms with van der Waals surface area (Å²) >= 11 is 0. The van der Waals surface area contributed by atoms with Crippen molar-refractivity contribution < 1.29 is 14.0 Å². The molecular weight excluding hydrogens is 390 g/mol. The molecule has 1 aromatic heterocycles. The predicted octanol–water partition coefficient (Wildman–Crippen LogP) is 4.48. The molecule has 2 aromatic carbocycles. The van der Waals surface area contributed by atoms with Crippen LogP contribution in [0.25, 0.3) is 0 Å². The average molecular weight is 422 g/mol. The maximum atomic E-state index is 5.54.